The average Bonchev–Trinajstić information content (AvgIpc) is 1.85. The first kappa shape index (κ1) is 10.6. The molecule has 0 saturated carbocycles. The maximum Gasteiger partial charge on any atom is 0.159 e. The van der Waals surface area contributed by atoms with E-state index in [0.29, 0.717) is 13.0 Å². The highest BCUT2D eigenvalue weighted by Crippen LogP contribution is 2.03. The number of ether oxygens (including phenoxy) is 1. The number of hydrogen-bond donors (Lipinski definition) is 2. The second kappa shape index (κ2) is 5.29. The van der Waals surface area contributed by atoms with Gasteiger partial charge >= 0.3 is 0 Å². The highest BCUT2D eigenvalue weighted by molar-refractivity contribution is 4.80. The molecule has 0 heterocycles. The molecule has 0 atom stereocenters. The van der Waals surface area contributed by atoms with Crippen LogP contribution in [0.2, 0.25) is 0 Å². The van der Waals surface area contributed by atoms with Crippen LogP contribution < -0.4 is 0 Å². The van der Waals surface area contributed by atoms with Crippen LogP contribution in [0.3, 0.4) is 0 Å². The van der Waals surface area contributed by atoms with Crippen molar-refractivity contribution in [1.29, 1.82) is 0 Å². The maximum atomic E-state index is 9.08. The van der Waals surface area contributed by atoms with Crippen LogP contribution >= 0.6 is 0 Å². The number of rotatable bonds is 5. The van der Waals surface area contributed by atoms with Crippen LogP contribution in [0.5, 0.6) is 0 Å². The predicted molar refractivity (Wildman–Crippen MR) is 43.1 cm³/mol. The fourth-order valence-electron chi connectivity index (χ4n) is 0.569. The minimum Gasteiger partial charge on any atom is -0.392 e. The predicted octanol–water partition coefficient (Wildman–Crippen LogP) is 0.670. The SMILES string of the molecule is CC(C)(O)OCC/C=C\CO. The molecule has 2 N–H and O–H groups in total. The fourth-order valence-corrected chi connectivity index (χ4v) is 0.569. The Morgan fingerprint density at radius 3 is 2.45 bits per heavy atom. The Morgan fingerprint density at radius 1 is 1.36 bits per heavy atom. The molecule has 0 rings (SSSR count). The van der Waals surface area contributed by atoms with E-state index in [4.69, 9.17) is 14.9 Å². The topological polar surface area (TPSA) is 49.7 Å². The van der Waals surface area contributed by atoms with Gasteiger partial charge in [-0.3, -0.25) is 0 Å². The van der Waals surface area contributed by atoms with Crippen molar-refractivity contribution < 1.29 is 14.9 Å². The van der Waals surface area contributed by atoms with Gasteiger partial charge in [0, 0.05) is 0 Å². The lowest BCUT2D eigenvalue weighted by atomic mass is 10.3. The highest BCUT2D eigenvalue weighted by Gasteiger charge is 2.10. The highest BCUT2D eigenvalue weighted by atomic mass is 16.6. The molecule has 0 spiro atoms. The van der Waals surface area contributed by atoms with Crippen molar-refractivity contribution in [2.45, 2.75) is 26.1 Å². The second-order valence-corrected chi connectivity index (χ2v) is 2.74. The fraction of sp³-hybridized carbons (Fsp3) is 0.750. The lowest BCUT2D eigenvalue weighted by Crippen LogP contribution is -2.23. The molecule has 0 aliphatic carbocycles. The normalized spacial score (nSPS) is 12.7. The molecular formula is C8H16O3. The van der Waals surface area contributed by atoms with Crippen LogP contribution in [0.4, 0.5) is 0 Å². The van der Waals surface area contributed by atoms with E-state index in [2.05, 4.69) is 0 Å². The van der Waals surface area contributed by atoms with E-state index in [0.717, 1.165) is 0 Å². The Morgan fingerprint density at radius 2 is 2.00 bits per heavy atom. The van der Waals surface area contributed by atoms with Crippen LogP contribution in [-0.4, -0.2) is 29.2 Å². The van der Waals surface area contributed by atoms with Crippen molar-refractivity contribution in [2.24, 2.45) is 0 Å². The van der Waals surface area contributed by atoms with Crippen LogP contribution in [0.15, 0.2) is 12.2 Å². The summed E-state index contributed by atoms with van der Waals surface area (Å²) in [5.41, 5.74) is 0. The third kappa shape index (κ3) is 9.62. The Balaban J connectivity index is 3.21. The number of hydrogen-bond acceptors (Lipinski definition) is 3. The van der Waals surface area contributed by atoms with Crippen molar-refractivity contribution in [3.8, 4) is 0 Å². The smallest absolute Gasteiger partial charge is 0.159 e. The molecule has 3 nitrogen and oxygen atoms in total. The van der Waals surface area contributed by atoms with Crippen molar-refractivity contribution in [2.75, 3.05) is 13.2 Å². The Kier molecular flexibility index (Phi) is 5.11. The Labute approximate surface area is 67.3 Å². The summed E-state index contributed by atoms with van der Waals surface area (Å²) in [6, 6.07) is 0. The van der Waals surface area contributed by atoms with Crippen LogP contribution in [0.1, 0.15) is 20.3 Å². The van der Waals surface area contributed by atoms with Gasteiger partial charge in [0.1, 0.15) is 0 Å². The molecule has 0 amide bonds. The first-order valence-corrected chi connectivity index (χ1v) is 3.68. The zero-order valence-corrected chi connectivity index (χ0v) is 7.08. The van der Waals surface area contributed by atoms with Gasteiger partial charge in [-0.25, -0.2) is 0 Å². The summed E-state index contributed by atoms with van der Waals surface area (Å²) in [6.07, 6.45) is 4.17. The molecule has 11 heavy (non-hydrogen) atoms. The van der Waals surface area contributed by atoms with E-state index in [9.17, 15) is 0 Å². The quantitative estimate of drug-likeness (QED) is 0.353. The van der Waals surface area contributed by atoms with E-state index in [1.807, 2.05) is 6.08 Å². The molecule has 0 fully saturated rings. The van der Waals surface area contributed by atoms with Crippen molar-refractivity contribution >= 4 is 0 Å². The van der Waals surface area contributed by atoms with Crippen molar-refractivity contribution in [3.63, 3.8) is 0 Å². The zero-order valence-electron chi connectivity index (χ0n) is 7.08. The van der Waals surface area contributed by atoms with E-state index in [-0.39, 0.29) is 6.61 Å². The summed E-state index contributed by atoms with van der Waals surface area (Å²) in [6.45, 7) is 3.70. The molecule has 0 aliphatic heterocycles. The average molecular weight is 160 g/mol. The Bertz CT molecular complexity index is 113. The lowest BCUT2D eigenvalue weighted by molar-refractivity contribution is -0.174. The summed E-state index contributed by atoms with van der Waals surface area (Å²) >= 11 is 0. The molecule has 0 unspecified atom stereocenters. The van der Waals surface area contributed by atoms with Crippen LogP contribution in [0.25, 0.3) is 0 Å². The van der Waals surface area contributed by atoms with Gasteiger partial charge in [0.2, 0.25) is 0 Å². The standard InChI is InChI=1S/C8H16O3/c1-8(2,10)11-7-5-3-4-6-9/h3-4,9-10H,5-7H2,1-2H3/b4-3-. The molecule has 0 aromatic rings. The van der Waals surface area contributed by atoms with Crippen molar-refractivity contribution in [1.82, 2.24) is 0 Å². The van der Waals surface area contributed by atoms with E-state index in [1.54, 1.807) is 19.9 Å². The van der Waals surface area contributed by atoms with Crippen molar-refractivity contribution in [3.05, 3.63) is 12.2 Å². The molecule has 0 aromatic carbocycles. The summed E-state index contributed by atoms with van der Waals surface area (Å²) in [5, 5.41) is 17.4. The van der Waals surface area contributed by atoms with E-state index < -0.39 is 5.79 Å². The monoisotopic (exact) mass is 160 g/mol. The molecule has 0 bridgehead atoms. The summed E-state index contributed by atoms with van der Waals surface area (Å²) in [4.78, 5) is 0. The van der Waals surface area contributed by atoms with Crippen LogP contribution in [-0.2, 0) is 4.74 Å². The first-order valence-electron chi connectivity index (χ1n) is 3.68. The zero-order chi connectivity index (χ0) is 8.74. The van der Waals surface area contributed by atoms with Gasteiger partial charge in [0.05, 0.1) is 13.2 Å². The third-order valence-corrected chi connectivity index (χ3v) is 1.01. The van der Waals surface area contributed by atoms with Gasteiger partial charge in [0.25, 0.3) is 0 Å². The van der Waals surface area contributed by atoms with Gasteiger partial charge in [-0.15, -0.1) is 0 Å². The molecule has 0 saturated heterocycles. The summed E-state index contributed by atoms with van der Waals surface area (Å²) < 4.78 is 5.00. The maximum absolute atomic E-state index is 9.08. The van der Waals surface area contributed by atoms with E-state index >= 15 is 0 Å². The largest absolute Gasteiger partial charge is 0.392 e. The van der Waals surface area contributed by atoms with E-state index in [1.165, 1.54) is 0 Å². The number of aliphatic hydroxyl groups excluding tert-OH is 1. The lowest BCUT2D eigenvalue weighted by Gasteiger charge is -2.17. The summed E-state index contributed by atoms with van der Waals surface area (Å²) in [5.74, 6) is -1.05. The van der Waals surface area contributed by atoms with Crippen LogP contribution in [0, 0.1) is 0 Å². The first-order chi connectivity index (χ1) is 5.06. The molecule has 66 valence electrons. The number of aliphatic hydroxyl groups is 2. The van der Waals surface area contributed by atoms with Gasteiger partial charge in [-0.2, -0.15) is 0 Å². The minimum atomic E-state index is -1.05. The van der Waals surface area contributed by atoms with Gasteiger partial charge in [-0.05, 0) is 20.3 Å². The third-order valence-electron chi connectivity index (χ3n) is 1.01. The summed E-state index contributed by atoms with van der Waals surface area (Å²) in [7, 11) is 0. The van der Waals surface area contributed by atoms with Gasteiger partial charge in [0.15, 0.2) is 5.79 Å². The molecule has 0 aliphatic rings. The Hall–Kier alpha value is -0.380. The molecule has 3 heteroatoms. The second-order valence-electron chi connectivity index (χ2n) is 2.74. The van der Waals surface area contributed by atoms with Gasteiger partial charge < -0.3 is 14.9 Å². The minimum absolute atomic E-state index is 0.0581. The van der Waals surface area contributed by atoms with Gasteiger partial charge in [-0.1, -0.05) is 12.2 Å². The molecule has 0 aromatic heterocycles. The molecular weight excluding hydrogens is 144 g/mol. The molecule has 0 radical (unpaired) electrons.